The number of aryl methyl sites for hydroxylation is 1. The van der Waals surface area contributed by atoms with Crippen molar-refractivity contribution in [2.24, 2.45) is 0 Å². The number of carboxylic acids is 1. The number of thiophene rings is 1. The first-order valence-electron chi connectivity index (χ1n) is 3.76. The molecule has 3 nitrogen and oxygen atoms in total. The first-order chi connectivity index (χ1) is 6.20. The molecule has 0 aromatic carbocycles. The maximum Gasteiger partial charge on any atom is 0.355 e. The minimum Gasteiger partial charge on any atom is -0.476 e. The van der Waals surface area contributed by atoms with Crippen LogP contribution in [0.25, 0.3) is 10.1 Å². The quantitative estimate of drug-likeness (QED) is 0.756. The second kappa shape index (κ2) is 2.81. The van der Waals surface area contributed by atoms with Gasteiger partial charge in [-0.05, 0) is 29.3 Å². The van der Waals surface area contributed by atoms with Gasteiger partial charge in [-0.15, -0.1) is 11.3 Å². The number of hydrogen-bond acceptors (Lipinski definition) is 3. The Kier molecular flexibility index (Phi) is 1.77. The number of fused-ring (bicyclic) bond motifs is 1. The van der Waals surface area contributed by atoms with Gasteiger partial charge >= 0.3 is 5.97 Å². The maximum atomic E-state index is 10.8. The van der Waals surface area contributed by atoms with Crippen LogP contribution in [0.15, 0.2) is 17.6 Å². The van der Waals surface area contributed by atoms with Gasteiger partial charge in [-0.25, -0.2) is 9.78 Å². The van der Waals surface area contributed by atoms with Crippen LogP contribution in [0.3, 0.4) is 0 Å². The summed E-state index contributed by atoms with van der Waals surface area (Å²) < 4.78 is 0.757. The highest BCUT2D eigenvalue weighted by molar-refractivity contribution is 7.17. The third-order valence-electron chi connectivity index (χ3n) is 1.90. The van der Waals surface area contributed by atoms with E-state index in [2.05, 4.69) is 4.98 Å². The molecule has 0 bridgehead atoms. The lowest BCUT2D eigenvalue weighted by Gasteiger charge is -1.98. The third kappa shape index (κ3) is 1.19. The van der Waals surface area contributed by atoms with Crippen molar-refractivity contribution in [1.82, 2.24) is 4.98 Å². The fraction of sp³-hybridized carbons (Fsp3) is 0.111. The van der Waals surface area contributed by atoms with Crippen LogP contribution in [0.5, 0.6) is 0 Å². The highest BCUT2D eigenvalue weighted by atomic mass is 32.1. The average Bonchev–Trinajstić information content (AvgIpc) is 2.53. The molecule has 0 radical (unpaired) electrons. The monoisotopic (exact) mass is 193 g/mol. The molecule has 0 aliphatic carbocycles. The Balaban J connectivity index is 2.86. The van der Waals surface area contributed by atoms with E-state index in [1.54, 1.807) is 6.20 Å². The van der Waals surface area contributed by atoms with Crippen molar-refractivity contribution in [3.63, 3.8) is 0 Å². The van der Waals surface area contributed by atoms with Gasteiger partial charge in [0.2, 0.25) is 0 Å². The van der Waals surface area contributed by atoms with Gasteiger partial charge in [-0.2, -0.15) is 0 Å². The lowest BCUT2D eigenvalue weighted by Crippen LogP contribution is -2.00. The fourth-order valence-electron chi connectivity index (χ4n) is 1.25. The SMILES string of the molecule is Cc1cnc(C(=O)O)c2sccc12. The Morgan fingerprint density at radius 3 is 3.08 bits per heavy atom. The van der Waals surface area contributed by atoms with Crippen molar-refractivity contribution in [3.05, 3.63) is 28.9 Å². The molecule has 13 heavy (non-hydrogen) atoms. The zero-order valence-corrected chi connectivity index (χ0v) is 7.76. The van der Waals surface area contributed by atoms with Gasteiger partial charge in [0.1, 0.15) is 0 Å². The highest BCUT2D eigenvalue weighted by Crippen LogP contribution is 2.25. The Morgan fingerprint density at radius 2 is 2.38 bits per heavy atom. The minimum atomic E-state index is -0.965. The van der Waals surface area contributed by atoms with Gasteiger partial charge < -0.3 is 5.11 Å². The second-order valence-electron chi connectivity index (χ2n) is 2.76. The third-order valence-corrected chi connectivity index (χ3v) is 2.82. The first-order valence-corrected chi connectivity index (χ1v) is 4.64. The van der Waals surface area contributed by atoms with Crippen LogP contribution < -0.4 is 0 Å². The van der Waals surface area contributed by atoms with E-state index in [1.807, 2.05) is 18.4 Å². The van der Waals surface area contributed by atoms with Gasteiger partial charge in [0, 0.05) is 6.20 Å². The van der Waals surface area contributed by atoms with Crippen molar-refractivity contribution in [2.75, 3.05) is 0 Å². The predicted molar refractivity (Wildman–Crippen MR) is 51.3 cm³/mol. The molecule has 2 aromatic heterocycles. The molecule has 0 aliphatic rings. The summed E-state index contributed by atoms with van der Waals surface area (Å²) in [6, 6.07) is 1.92. The number of hydrogen-bond donors (Lipinski definition) is 1. The lowest BCUT2D eigenvalue weighted by atomic mass is 10.2. The van der Waals surface area contributed by atoms with Crippen molar-refractivity contribution >= 4 is 27.4 Å². The van der Waals surface area contributed by atoms with E-state index in [4.69, 9.17) is 5.11 Å². The van der Waals surface area contributed by atoms with Gasteiger partial charge in [0.05, 0.1) is 4.70 Å². The van der Waals surface area contributed by atoms with Crippen LogP contribution in [0, 0.1) is 6.92 Å². The van der Waals surface area contributed by atoms with E-state index < -0.39 is 5.97 Å². The Hall–Kier alpha value is -1.42. The molecule has 2 rings (SSSR count). The zero-order valence-electron chi connectivity index (χ0n) is 6.94. The summed E-state index contributed by atoms with van der Waals surface area (Å²) in [6.45, 7) is 1.92. The number of carboxylic acid groups (broad SMARTS) is 1. The molecule has 0 spiro atoms. The van der Waals surface area contributed by atoms with Crippen LogP contribution >= 0.6 is 11.3 Å². The number of aromatic carboxylic acids is 1. The van der Waals surface area contributed by atoms with E-state index in [0.29, 0.717) is 0 Å². The number of nitrogens with zero attached hydrogens (tertiary/aromatic N) is 1. The summed E-state index contributed by atoms with van der Waals surface area (Å²) in [5.74, 6) is -0.965. The first kappa shape index (κ1) is 8.19. The Bertz CT molecular complexity index is 475. The molecular formula is C9H7NO2S. The maximum absolute atomic E-state index is 10.8. The second-order valence-corrected chi connectivity index (χ2v) is 3.67. The van der Waals surface area contributed by atoms with Crippen molar-refractivity contribution in [3.8, 4) is 0 Å². The van der Waals surface area contributed by atoms with Gasteiger partial charge in [-0.1, -0.05) is 0 Å². The van der Waals surface area contributed by atoms with E-state index in [0.717, 1.165) is 15.6 Å². The highest BCUT2D eigenvalue weighted by Gasteiger charge is 2.11. The molecule has 4 heteroatoms. The number of carbonyl (C=O) groups is 1. The van der Waals surface area contributed by atoms with Crippen LogP contribution in [0.4, 0.5) is 0 Å². The van der Waals surface area contributed by atoms with Gasteiger partial charge in [0.15, 0.2) is 5.69 Å². The molecule has 0 unspecified atom stereocenters. The largest absolute Gasteiger partial charge is 0.476 e. The topological polar surface area (TPSA) is 50.2 Å². The summed E-state index contributed by atoms with van der Waals surface area (Å²) in [4.78, 5) is 14.7. The fourth-order valence-corrected chi connectivity index (χ4v) is 2.19. The standard InChI is InChI=1S/C9H7NO2S/c1-5-4-10-7(9(11)12)8-6(5)2-3-13-8/h2-4H,1H3,(H,11,12). The number of rotatable bonds is 1. The van der Waals surface area contributed by atoms with E-state index >= 15 is 0 Å². The smallest absolute Gasteiger partial charge is 0.355 e. The Morgan fingerprint density at radius 1 is 1.62 bits per heavy atom. The lowest BCUT2D eigenvalue weighted by molar-refractivity contribution is 0.0693. The van der Waals surface area contributed by atoms with E-state index in [1.165, 1.54) is 11.3 Å². The molecule has 66 valence electrons. The van der Waals surface area contributed by atoms with Gasteiger partial charge in [-0.3, -0.25) is 0 Å². The van der Waals surface area contributed by atoms with Crippen LogP contribution in [-0.2, 0) is 0 Å². The number of aromatic nitrogens is 1. The summed E-state index contributed by atoms with van der Waals surface area (Å²) in [6.07, 6.45) is 1.60. The average molecular weight is 193 g/mol. The summed E-state index contributed by atoms with van der Waals surface area (Å²) in [7, 11) is 0. The molecule has 2 aromatic rings. The van der Waals surface area contributed by atoms with E-state index in [9.17, 15) is 4.79 Å². The molecule has 0 amide bonds. The molecule has 0 saturated carbocycles. The molecule has 0 aliphatic heterocycles. The molecule has 2 heterocycles. The minimum absolute atomic E-state index is 0.149. The zero-order chi connectivity index (χ0) is 9.42. The van der Waals surface area contributed by atoms with Crippen LogP contribution in [-0.4, -0.2) is 16.1 Å². The molecular weight excluding hydrogens is 186 g/mol. The van der Waals surface area contributed by atoms with Crippen LogP contribution in [0.2, 0.25) is 0 Å². The number of pyridine rings is 1. The summed E-state index contributed by atoms with van der Waals surface area (Å²) in [5.41, 5.74) is 1.16. The molecule has 0 saturated heterocycles. The molecule has 1 N–H and O–H groups in total. The molecule has 0 atom stereocenters. The van der Waals surface area contributed by atoms with E-state index in [-0.39, 0.29) is 5.69 Å². The summed E-state index contributed by atoms with van der Waals surface area (Å²) >= 11 is 1.41. The van der Waals surface area contributed by atoms with Crippen molar-refractivity contribution in [2.45, 2.75) is 6.92 Å². The van der Waals surface area contributed by atoms with Crippen molar-refractivity contribution < 1.29 is 9.90 Å². The van der Waals surface area contributed by atoms with Gasteiger partial charge in [0.25, 0.3) is 0 Å². The Labute approximate surface area is 78.7 Å². The van der Waals surface area contributed by atoms with Crippen molar-refractivity contribution in [1.29, 1.82) is 0 Å². The van der Waals surface area contributed by atoms with Crippen LogP contribution in [0.1, 0.15) is 16.1 Å². The summed E-state index contributed by atoms with van der Waals surface area (Å²) in [5, 5.41) is 11.7. The predicted octanol–water partition coefficient (Wildman–Crippen LogP) is 2.30. The molecule has 0 fully saturated rings. The normalized spacial score (nSPS) is 10.5.